The Morgan fingerprint density at radius 3 is 2.83 bits per heavy atom. The third-order valence-corrected chi connectivity index (χ3v) is 2.67. The van der Waals surface area contributed by atoms with E-state index in [2.05, 4.69) is 15.2 Å². The van der Waals surface area contributed by atoms with Gasteiger partial charge in [0.05, 0.1) is 12.8 Å². The molecule has 0 aliphatic rings. The lowest BCUT2D eigenvalue weighted by molar-refractivity contribution is -0.140. The van der Waals surface area contributed by atoms with E-state index in [1.807, 2.05) is 13.8 Å². The Morgan fingerprint density at radius 2 is 2.28 bits per heavy atom. The molecule has 0 spiro atoms. The highest BCUT2D eigenvalue weighted by atomic mass is 35.5. The van der Waals surface area contributed by atoms with E-state index in [9.17, 15) is 9.59 Å². The second-order valence-electron chi connectivity index (χ2n) is 3.69. The number of methoxy groups -OCH3 is 1. The molecule has 0 bridgehead atoms. The number of carbonyl (C=O) groups excluding carboxylic acids is 2. The molecule has 1 aromatic heterocycles. The van der Waals surface area contributed by atoms with E-state index >= 15 is 0 Å². The normalized spacial score (nSPS) is 12.0. The molecule has 6 nitrogen and oxygen atoms in total. The Morgan fingerprint density at radius 1 is 1.61 bits per heavy atom. The smallest absolute Gasteiger partial charge is 0.325 e. The number of halogens is 1. The number of ether oxygens (including phenoxy) is 1. The molecule has 0 aliphatic heterocycles. The van der Waals surface area contributed by atoms with E-state index in [4.69, 9.17) is 11.6 Å². The van der Waals surface area contributed by atoms with Crippen LogP contribution in [-0.2, 0) is 16.1 Å². The average Bonchev–Trinajstić information content (AvgIpc) is 2.75. The summed E-state index contributed by atoms with van der Waals surface area (Å²) in [5.74, 6) is -0.885. The number of aromatic nitrogens is 2. The second-order valence-corrected chi connectivity index (χ2v) is 4.21. The quantitative estimate of drug-likeness (QED) is 0.634. The van der Waals surface area contributed by atoms with E-state index in [0.29, 0.717) is 12.2 Å². The van der Waals surface area contributed by atoms with Gasteiger partial charge in [-0.25, -0.2) is 0 Å². The fourth-order valence-electron chi connectivity index (χ4n) is 1.45. The summed E-state index contributed by atoms with van der Waals surface area (Å²) in [6.45, 7) is 4.31. The van der Waals surface area contributed by atoms with Gasteiger partial charge < -0.3 is 10.1 Å². The molecule has 100 valence electrons. The van der Waals surface area contributed by atoms with Crippen LogP contribution in [0.1, 0.15) is 23.1 Å². The number of nitrogens with one attached hydrogen (secondary N) is 1. The number of amides is 1. The molecule has 1 amide bonds. The molecule has 1 N–H and O–H groups in total. The highest BCUT2D eigenvalue weighted by molar-refractivity contribution is 6.30. The van der Waals surface area contributed by atoms with Gasteiger partial charge in [-0.15, -0.1) is 11.6 Å². The zero-order valence-corrected chi connectivity index (χ0v) is 11.3. The maximum atomic E-state index is 11.9. The van der Waals surface area contributed by atoms with Gasteiger partial charge in [0.25, 0.3) is 5.91 Å². The fourth-order valence-corrected chi connectivity index (χ4v) is 1.62. The van der Waals surface area contributed by atoms with Crippen LogP contribution in [0.4, 0.5) is 0 Å². The second kappa shape index (κ2) is 6.39. The number of alkyl halides is 1. The molecule has 0 saturated carbocycles. The van der Waals surface area contributed by atoms with Crippen LogP contribution in [0.3, 0.4) is 0 Å². The summed E-state index contributed by atoms with van der Waals surface area (Å²) in [7, 11) is 1.25. The first kappa shape index (κ1) is 14.5. The highest BCUT2D eigenvalue weighted by Gasteiger charge is 2.18. The SMILES string of the molecule is CCn1nc(C)cc1C(=O)NCC(Cl)C(=O)OC. The first-order valence-corrected chi connectivity index (χ1v) is 5.97. The summed E-state index contributed by atoms with van der Waals surface area (Å²) >= 11 is 5.73. The lowest BCUT2D eigenvalue weighted by Crippen LogP contribution is -2.35. The largest absolute Gasteiger partial charge is 0.468 e. The van der Waals surface area contributed by atoms with E-state index in [1.165, 1.54) is 7.11 Å². The summed E-state index contributed by atoms with van der Waals surface area (Å²) in [4.78, 5) is 22.9. The highest BCUT2D eigenvalue weighted by Crippen LogP contribution is 2.04. The van der Waals surface area contributed by atoms with Crippen LogP contribution < -0.4 is 5.32 Å². The van der Waals surface area contributed by atoms with Crippen LogP contribution in [0.5, 0.6) is 0 Å². The Kier molecular flexibility index (Phi) is 5.15. The summed E-state index contributed by atoms with van der Waals surface area (Å²) in [5.41, 5.74) is 1.21. The van der Waals surface area contributed by atoms with Gasteiger partial charge in [-0.3, -0.25) is 14.3 Å². The molecule has 1 rings (SSSR count). The number of aryl methyl sites for hydroxylation is 2. The Balaban J connectivity index is 2.63. The van der Waals surface area contributed by atoms with Gasteiger partial charge >= 0.3 is 5.97 Å². The average molecular weight is 274 g/mol. The molecule has 0 aliphatic carbocycles. The number of carbonyl (C=O) groups is 2. The van der Waals surface area contributed by atoms with Crippen LogP contribution in [0.2, 0.25) is 0 Å². The van der Waals surface area contributed by atoms with Crippen molar-refractivity contribution in [1.29, 1.82) is 0 Å². The molecule has 0 aromatic carbocycles. The monoisotopic (exact) mass is 273 g/mol. The first-order valence-electron chi connectivity index (χ1n) is 5.54. The predicted octanol–water partition coefficient (Wildman–Crippen LogP) is 0.722. The Labute approximate surface area is 110 Å². The van der Waals surface area contributed by atoms with E-state index in [1.54, 1.807) is 10.7 Å². The predicted molar refractivity (Wildman–Crippen MR) is 66.6 cm³/mol. The van der Waals surface area contributed by atoms with Gasteiger partial charge in [0, 0.05) is 13.1 Å². The van der Waals surface area contributed by atoms with E-state index < -0.39 is 11.3 Å². The Bertz CT molecular complexity index is 445. The van der Waals surface area contributed by atoms with Gasteiger partial charge in [-0.05, 0) is 19.9 Å². The molecule has 1 heterocycles. The van der Waals surface area contributed by atoms with Crippen LogP contribution in [0.15, 0.2) is 6.07 Å². The zero-order valence-electron chi connectivity index (χ0n) is 10.6. The fraction of sp³-hybridized carbons (Fsp3) is 0.545. The molecule has 18 heavy (non-hydrogen) atoms. The molecule has 1 aromatic rings. The van der Waals surface area contributed by atoms with Crippen molar-refractivity contribution in [3.05, 3.63) is 17.5 Å². The van der Waals surface area contributed by atoms with Crippen LogP contribution >= 0.6 is 11.6 Å². The minimum Gasteiger partial charge on any atom is -0.468 e. The van der Waals surface area contributed by atoms with Crippen molar-refractivity contribution in [2.45, 2.75) is 25.8 Å². The molecule has 0 fully saturated rings. The third-order valence-electron chi connectivity index (χ3n) is 2.33. The lowest BCUT2D eigenvalue weighted by Gasteiger charge is -2.09. The molecule has 1 atom stereocenters. The van der Waals surface area contributed by atoms with Crippen LogP contribution in [0, 0.1) is 6.92 Å². The summed E-state index contributed by atoms with van der Waals surface area (Å²) in [6, 6.07) is 1.68. The zero-order chi connectivity index (χ0) is 13.7. The van der Waals surface area contributed by atoms with Gasteiger partial charge in [0.2, 0.25) is 0 Å². The van der Waals surface area contributed by atoms with Gasteiger partial charge in [-0.1, -0.05) is 0 Å². The standard InChI is InChI=1S/C11H16ClN3O3/c1-4-15-9(5-7(2)14-15)10(16)13-6-8(12)11(17)18-3/h5,8H,4,6H2,1-3H3,(H,13,16). The molecule has 1 unspecified atom stereocenters. The number of nitrogens with zero attached hydrogens (tertiary/aromatic N) is 2. The van der Waals surface area contributed by atoms with E-state index in [0.717, 1.165) is 5.69 Å². The number of esters is 1. The molecular formula is C11H16ClN3O3. The van der Waals surface area contributed by atoms with Crippen LogP contribution in [-0.4, -0.2) is 40.7 Å². The maximum Gasteiger partial charge on any atom is 0.325 e. The summed E-state index contributed by atoms with van der Waals surface area (Å²) in [5, 5.41) is 5.84. The molecule has 0 saturated heterocycles. The van der Waals surface area contributed by atoms with Crippen molar-refractivity contribution in [1.82, 2.24) is 15.1 Å². The van der Waals surface area contributed by atoms with Gasteiger partial charge in [0.15, 0.2) is 0 Å². The van der Waals surface area contributed by atoms with Crippen molar-refractivity contribution in [2.75, 3.05) is 13.7 Å². The molecule has 7 heteroatoms. The third kappa shape index (κ3) is 3.46. The number of hydrogen-bond donors (Lipinski definition) is 1. The minimum absolute atomic E-state index is 0.0149. The number of hydrogen-bond acceptors (Lipinski definition) is 4. The molecular weight excluding hydrogens is 258 g/mol. The summed E-state index contributed by atoms with van der Waals surface area (Å²) in [6.07, 6.45) is 0. The Hall–Kier alpha value is -1.56. The lowest BCUT2D eigenvalue weighted by atomic mass is 10.3. The number of rotatable bonds is 5. The minimum atomic E-state index is -0.891. The molecule has 0 radical (unpaired) electrons. The van der Waals surface area contributed by atoms with E-state index in [-0.39, 0.29) is 12.5 Å². The van der Waals surface area contributed by atoms with Crippen molar-refractivity contribution < 1.29 is 14.3 Å². The van der Waals surface area contributed by atoms with Gasteiger partial charge in [-0.2, -0.15) is 5.10 Å². The van der Waals surface area contributed by atoms with Crippen LogP contribution in [0.25, 0.3) is 0 Å². The van der Waals surface area contributed by atoms with Crippen molar-refractivity contribution in [3.63, 3.8) is 0 Å². The van der Waals surface area contributed by atoms with Crippen molar-refractivity contribution >= 4 is 23.5 Å². The maximum absolute atomic E-state index is 11.9. The first-order chi connectivity index (χ1) is 8.49. The van der Waals surface area contributed by atoms with Crippen molar-refractivity contribution in [2.24, 2.45) is 0 Å². The summed E-state index contributed by atoms with van der Waals surface area (Å²) < 4.78 is 6.05. The van der Waals surface area contributed by atoms with Gasteiger partial charge in [0.1, 0.15) is 11.1 Å². The van der Waals surface area contributed by atoms with Crippen molar-refractivity contribution in [3.8, 4) is 0 Å². The topological polar surface area (TPSA) is 73.2 Å².